The average molecular weight is 402 g/mol. The van der Waals surface area contributed by atoms with Crippen LogP contribution in [0.15, 0.2) is 60.1 Å². The zero-order chi connectivity index (χ0) is 19.1. The fourth-order valence-electron chi connectivity index (χ4n) is 2.50. The van der Waals surface area contributed by atoms with Gasteiger partial charge in [0.25, 0.3) is 0 Å². The van der Waals surface area contributed by atoms with Crippen molar-refractivity contribution in [2.45, 2.75) is 18.6 Å². The summed E-state index contributed by atoms with van der Waals surface area (Å²) in [6.45, 7) is 0. The molecule has 0 unspecified atom stereocenters. The molecule has 2 aromatic heterocycles. The highest BCUT2D eigenvalue weighted by Gasteiger charge is 2.14. The van der Waals surface area contributed by atoms with Crippen molar-refractivity contribution in [2.75, 3.05) is 11.1 Å². The maximum Gasteiger partial charge on any atom is 0.226 e. The molecule has 1 N–H and O–H groups in total. The first kappa shape index (κ1) is 19.2. The summed E-state index contributed by atoms with van der Waals surface area (Å²) in [5.74, 6) is -0.270. The Morgan fingerprint density at radius 2 is 1.81 bits per heavy atom. The van der Waals surface area contributed by atoms with Crippen LogP contribution in [0.3, 0.4) is 0 Å². The first-order chi connectivity index (χ1) is 13.0. The van der Waals surface area contributed by atoms with Crippen molar-refractivity contribution in [1.29, 1.82) is 0 Å². The number of pyridine rings is 1. The second-order valence-corrected chi connectivity index (χ2v) is 9.02. The predicted octanol–water partition coefficient (Wildman–Crippen LogP) is 3.54. The van der Waals surface area contributed by atoms with Gasteiger partial charge in [0, 0.05) is 18.0 Å². The van der Waals surface area contributed by atoms with E-state index in [1.54, 1.807) is 18.3 Å². The fourth-order valence-corrected chi connectivity index (χ4v) is 4.65. The molecule has 8 heteroatoms. The number of nitrogens with one attached hydrogen (secondary N) is 1. The summed E-state index contributed by atoms with van der Waals surface area (Å²) in [5, 5.41) is 5.02. The molecule has 0 radical (unpaired) electrons. The Hall–Kier alpha value is -2.58. The van der Waals surface area contributed by atoms with Crippen molar-refractivity contribution in [3.8, 4) is 11.4 Å². The number of rotatable bonds is 8. The van der Waals surface area contributed by atoms with Crippen LogP contribution in [0.25, 0.3) is 11.4 Å². The molecule has 0 saturated carbocycles. The van der Waals surface area contributed by atoms with Crippen molar-refractivity contribution in [3.05, 3.63) is 65.7 Å². The number of thiazole rings is 1. The lowest BCUT2D eigenvalue weighted by Gasteiger charge is -2.05. The fraction of sp³-hybridized carbons (Fsp3) is 0.211. The number of anilines is 1. The first-order valence-electron chi connectivity index (χ1n) is 8.43. The number of sulfone groups is 1. The highest BCUT2D eigenvalue weighted by Crippen LogP contribution is 2.23. The van der Waals surface area contributed by atoms with E-state index in [0.717, 1.165) is 11.3 Å². The third kappa shape index (κ3) is 5.97. The second-order valence-electron chi connectivity index (χ2n) is 5.98. The monoisotopic (exact) mass is 401 g/mol. The molecule has 0 saturated heterocycles. The highest BCUT2D eigenvalue weighted by atomic mass is 32.2. The van der Waals surface area contributed by atoms with Gasteiger partial charge >= 0.3 is 0 Å². The van der Waals surface area contributed by atoms with E-state index in [4.69, 9.17) is 0 Å². The molecule has 6 nitrogen and oxygen atoms in total. The van der Waals surface area contributed by atoms with E-state index in [1.807, 2.05) is 41.8 Å². The molecule has 0 aliphatic heterocycles. The highest BCUT2D eigenvalue weighted by molar-refractivity contribution is 7.90. The lowest BCUT2D eigenvalue weighted by Crippen LogP contribution is -2.15. The summed E-state index contributed by atoms with van der Waals surface area (Å²) in [4.78, 5) is 20.6. The molecule has 3 aromatic rings. The molecule has 3 rings (SSSR count). The van der Waals surface area contributed by atoms with Crippen LogP contribution in [0.4, 0.5) is 5.13 Å². The molecule has 1 aromatic carbocycles. The van der Waals surface area contributed by atoms with Crippen LogP contribution in [0.1, 0.15) is 18.4 Å². The number of hydrogen-bond acceptors (Lipinski definition) is 6. The normalized spacial score (nSPS) is 11.3. The van der Waals surface area contributed by atoms with Crippen LogP contribution < -0.4 is 5.32 Å². The van der Waals surface area contributed by atoms with Crippen LogP contribution in [0.2, 0.25) is 0 Å². The minimum absolute atomic E-state index is 0.00459. The van der Waals surface area contributed by atoms with Gasteiger partial charge < -0.3 is 5.32 Å². The molecule has 0 atom stereocenters. The second kappa shape index (κ2) is 8.88. The van der Waals surface area contributed by atoms with Gasteiger partial charge in [-0.05, 0) is 24.1 Å². The molecular formula is C19H19N3O3S2. The standard InChI is InChI=1S/C19H19N3O3S2/c23-18(10-6-12-27(24,25)14-15-7-2-1-3-8-15)22-19-21-17(13-26-19)16-9-4-5-11-20-16/h1-5,7-9,11,13H,6,10,12,14H2,(H,21,22,23). The van der Waals surface area contributed by atoms with Gasteiger partial charge in [-0.25, -0.2) is 13.4 Å². The lowest BCUT2D eigenvalue weighted by atomic mass is 10.2. The van der Waals surface area contributed by atoms with Crippen LogP contribution in [-0.4, -0.2) is 30.0 Å². The zero-order valence-corrected chi connectivity index (χ0v) is 16.2. The summed E-state index contributed by atoms with van der Waals surface area (Å²) in [6.07, 6.45) is 2.09. The molecular weight excluding hydrogens is 382 g/mol. The van der Waals surface area contributed by atoms with Gasteiger partial charge in [-0.15, -0.1) is 11.3 Å². The molecule has 0 spiro atoms. The third-order valence-corrected chi connectivity index (χ3v) is 6.21. The van der Waals surface area contributed by atoms with E-state index in [0.29, 0.717) is 10.8 Å². The largest absolute Gasteiger partial charge is 0.302 e. The number of amides is 1. The number of carbonyl (C=O) groups excluding carboxylic acids is 1. The van der Waals surface area contributed by atoms with Gasteiger partial charge in [0.15, 0.2) is 15.0 Å². The van der Waals surface area contributed by atoms with E-state index in [9.17, 15) is 13.2 Å². The Morgan fingerprint density at radius 3 is 2.56 bits per heavy atom. The molecule has 0 fully saturated rings. The molecule has 0 bridgehead atoms. The number of hydrogen-bond donors (Lipinski definition) is 1. The molecule has 140 valence electrons. The minimum atomic E-state index is -3.24. The van der Waals surface area contributed by atoms with Gasteiger partial charge in [-0.3, -0.25) is 9.78 Å². The van der Waals surface area contributed by atoms with Crippen molar-refractivity contribution in [1.82, 2.24) is 9.97 Å². The lowest BCUT2D eigenvalue weighted by molar-refractivity contribution is -0.116. The smallest absolute Gasteiger partial charge is 0.226 e. The van der Waals surface area contributed by atoms with Crippen molar-refractivity contribution < 1.29 is 13.2 Å². The molecule has 27 heavy (non-hydrogen) atoms. The third-order valence-electron chi connectivity index (χ3n) is 3.77. The minimum Gasteiger partial charge on any atom is -0.302 e. The number of aromatic nitrogens is 2. The molecule has 1 amide bonds. The Kier molecular flexibility index (Phi) is 6.31. The van der Waals surface area contributed by atoms with Crippen LogP contribution in [0, 0.1) is 0 Å². The van der Waals surface area contributed by atoms with Gasteiger partial charge in [-0.2, -0.15) is 0 Å². The van der Waals surface area contributed by atoms with Crippen molar-refractivity contribution in [2.24, 2.45) is 0 Å². The van der Waals surface area contributed by atoms with Crippen molar-refractivity contribution in [3.63, 3.8) is 0 Å². The Labute approximate surface area is 162 Å². The predicted molar refractivity (Wildman–Crippen MR) is 107 cm³/mol. The van der Waals surface area contributed by atoms with Gasteiger partial charge in [0.05, 0.1) is 17.2 Å². The molecule has 0 aliphatic rings. The Bertz CT molecular complexity index is 987. The Balaban J connectivity index is 1.47. The van der Waals surface area contributed by atoms with E-state index in [-0.39, 0.29) is 30.3 Å². The first-order valence-corrected chi connectivity index (χ1v) is 11.1. The van der Waals surface area contributed by atoms with E-state index in [1.165, 1.54) is 11.3 Å². The van der Waals surface area contributed by atoms with Crippen molar-refractivity contribution >= 4 is 32.2 Å². The van der Waals surface area contributed by atoms with E-state index in [2.05, 4.69) is 15.3 Å². The number of nitrogens with zero attached hydrogens (tertiary/aromatic N) is 2. The van der Waals surface area contributed by atoms with Crippen LogP contribution >= 0.6 is 11.3 Å². The van der Waals surface area contributed by atoms with Crippen LogP contribution in [0.5, 0.6) is 0 Å². The summed E-state index contributed by atoms with van der Waals surface area (Å²) < 4.78 is 24.3. The van der Waals surface area contributed by atoms with E-state index >= 15 is 0 Å². The molecule has 0 aliphatic carbocycles. The summed E-state index contributed by atoms with van der Waals surface area (Å²) in [7, 11) is -3.24. The Morgan fingerprint density at radius 1 is 1.04 bits per heavy atom. The molecule has 2 heterocycles. The van der Waals surface area contributed by atoms with Gasteiger partial charge in [0.2, 0.25) is 5.91 Å². The maximum atomic E-state index is 12.2. The number of carbonyl (C=O) groups is 1. The summed E-state index contributed by atoms with van der Waals surface area (Å²) in [5.41, 5.74) is 2.19. The van der Waals surface area contributed by atoms with Gasteiger partial charge in [0.1, 0.15) is 5.69 Å². The maximum absolute atomic E-state index is 12.2. The SMILES string of the molecule is O=C(CCCS(=O)(=O)Cc1ccccc1)Nc1nc(-c2ccccn2)cs1. The summed E-state index contributed by atoms with van der Waals surface area (Å²) in [6, 6.07) is 14.6. The van der Waals surface area contributed by atoms with Gasteiger partial charge in [-0.1, -0.05) is 36.4 Å². The number of benzene rings is 1. The summed E-state index contributed by atoms with van der Waals surface area (Å²) >= 11 is 1.31. The topological polar surface area (TPSA) is 89.0 Å². The average Bonchev–Trinajstić information content (AvgIpc) is 3.11. The van der Waals surface area contributed by atoms with Crippen LogP contribution in [-0.2, 0) is 20.4 Å². The zero-order valence-electron chi connectivity index (χ0n) is 14.5. The quantitative estimate of drug-likeness (QED) is 0.624. The van der Waals surface area contributed by atoms with E-state index < -0.39 is 9.84 Å².